The van der Waals surface area contributed by atoms with Gasteiger partial charge in [-0.05, 0) is 48.4 Å². The second kappa shape index (κ2) is 9.27. The molecule has 9 heteroatoms. The van der Waals surface area contributed by atoms with E-state index < -0.39 is 16.1 Å². The summed E-state index contributed by atoms with van der Waals surface area (Å²) in [6, 6.07) is 20.6. The first-order valence-corrected chi connectivity index (χ1v) is 11.9. The van der Waals surface area contributed by atoms with Crippen LogP contribution < -0.4 is 9.46 Å². The number of fused-ring (bicyclic) bond motifs is 1. The molecule has 0 fully saturated rings. The van der Waals surface area contributed by atoms with E-state index in [9.17, 15) is 18.3 Å². The van der Waals surface area contributed by atoms with Gasteiger partial charge < -0.3 is 9.84 Å². The molecule has 1 heterocycles. The van der Waals surface area contributed by atoms with Crippen LogP contribution in [0.3, 0.4) is 0 Å². The number of para-hydroxylation sites is 1. The van der Waals surface area contributed by atoms with Gasteiger partial charge in [0.1, 0.15) is 10.6 Å². The molecule has 0 aliphatic heterocycles. The standard InChI is InChI=1S/C24H21ClN2O5S/c1-32-19-7-4-5-16(13-19)11-12-26-33(30,31)23-15-18(9-10-20(23)25)22-14-17-6-2-3-8-21(17)27(22)24(28)29/h2-10,13-15,26H,11-12H2,1H3,(H,28,29). The molecule has 0 aliphatic rings. The fourth-order valence-corrected chi connectivity index (χ4v) is 5.23. The minimum Gasteiger partial charge on any atom is -0.497 e. The van der Waals surface area contributed by atoms with Gasteiger partial charge in [0.2, 0.25) is 10.0 Å². The number of hydrogen-bond acceptors (Lipinski definition) is 4. The van der Waals surface area contributed by atoms with Crippen LogP contribution in [-0.4, -0.2) is 37.8 Å². The number of carboxylic acid groups (broad SMARTS) is 1. The Balaban J connectivity index is 1.64. The van der Waals surface area contributed by atoms with Crippen LogP contribution in [0, 0.1) is 0 Å². The topological polar surface area (TPSA) is 97.6 Å². The largest absolute Gasteiger partial charge is 0.497 e. The first-order chi connectivity index (χ1) is 15.8. The van der Waals surface area contributed by atoms with E-state index in [0.29, 0.717) is 28.9 Å². The van der Waals surface area contributed by atoms with Crippen molar-refractivity contribution in [2.75, 3.05) is 13.7 Å². The Labute approximate surface area is 196 Å². The zero-order valence-electron chi connectivity index (χ0n) is 17.7. The molecule has 0 bridgehead atoms. The molecule has 170 valence electrons. The van der Waals surface area contributed by atoms with Crippen LogP contribution in [0.15, 0.2) is 77.7 Å². The van der Waals surface area contributed by atoms with Gasteiger partial charge in [-0.3, -0.25) is 0 Å². The van der Waals surface area contributed by atoms with Crippen molar-refractivity contribution < 1.29 is 23.1 Å². The summed E-state index contributed by atoms with van der Waals surface area (Å²) < 4.78 is 34.9. The van der Waals surface area contributed by atoms with Crippen LogP contribution in [0.25, 0.3) is 22.2 Å². The molecule has 0 saturated carbocycles. The molecule has 0 unspecified atom stereocenters. The number of benzene rings is 3. The van der Waals surface area contributed by atoms with Crippen molar-refractivity contribution >= 4 is 38.6 Å². The van der Waals surface area contributed by atoms with Crippen molar-refractivity contribution in [3.63, 3.8) is 0 Å². The van der Waals surface area contributed by atoms with Crippen LogP contribution in [0.5, 0.6) is 5.75 Å². The minimum absolute atomic E-state index is 0.0469. The van der Waals surface area contributed by atoms with E-state index in [0.717, 1.165) is 15.5 Å². The van der Waals surface area contributed by atoms with Gasteiger partial charge in [-0.1, -0.05) is 48.0 Å². The predicted octanol–water partition coefficient (Wildman–Crippen LogP) is 5.02. The van der Waals surface area contributed by atoms with Crippen molar-refractivity contribution in [3.8, 4) is 17.0 Å². The molecule has 7 nitrogen and oxygen atoms in total. The summed E-state index contributed by atoms with van der Waals surface area (Å²) in [7, 11) is -2.37. The summed E-state index contributed by atoms with van der Waals surface area (Å²) in [5.74, 6) is 0.694. The van der Waals surface area contributed by atoms with E-state index in [1.54, 1.807) is 37.4 Å². The van der Waals surface area contributed by atoms with Crippen molar-refractivity contribution in [2.24, 2.45) is 0 Å². The summed E-state index contributed by atoms with van der Waals surface area (Å²) in [4.78, 5) is 11.8. The average Bonchev–Trinajstić information content (AvgIpc) is 3.19. The number of hydrogen-bond donors (Lipinski definition) is 2. The van der Waals surface area contributed by atoms with E-state index >= 15 is 0 Å². The Hall–Kier alpha value is -3.33. The van der Waals surface area contributed by atoms with Crippen LogP contribution in [0.1, 0.15) is 5.56 Å². The van der Waals surface area contributed by atoms with Crippen molar-refractivity contribution in [1.82, 2.24) is 9.29 Å². The molecule has 0 spiro atoms. The highest BCUT2D eigenvalue weighted by atomic mass is 35.5. The predicted molar refractivity (Wildman–Crippen MR) is 128 cm³/mol. The number of nitrogens with zero attached hydrogens (tertiary/aromatic N) is 1. The lowest BCUT2D eigenvalue weighted by Crippen LogP contribution is -2.26. The molecule has 0 radical (unpaired) electrons. The SMILES string of the molecule is COc1cccc(CCNS(=O)(=O)c2cc(-c3cc4ccccc4n3C(=O)O)ccc2Cl)c1. The third kappa shape index (κ3) is 4.73. The number of methoxy groups -OCH3 is 1. The molecule has 3 aromatic carbocycles. The van der Waals surface area contributed by atoms with Gasteiger partial charge in [0.25, 0.3) is 0 Å². The monoisotopic (exact) mass is 484 g/mol. The molecule has 0 atom stereocenters. The van der Waals surface area contributed by atoms with Crippen molar-refractivity contribution in [2.45, 2.75) is 11.3 Å². The Kier molecular flexibility index (Phi) is 6.42. The number of carbonyl (C=O) groups is 1. The van der Waals surface area contributed by atoms with Crippen molar-refractivity contribution in [1.29, 1.82) is 0 Å². The first-order valence-electron chi connectivity index (χ1n) is 10.1. The summed E-state index contributed by atoms with van der Waals surface area (Å²) in [6.07, 6.45) is -0.706. The summed E-state index contributed by atoms with van der Waals surface area (Å²) in [5, 5.41) is 10.5. The lowest BCUT2D eigenvalue weighted by molar-refractivity contribution is 0.198. The van der Waals surface area contributed by atoms with E-state index in [4.69, 9.17) is 16.3 Å². The summed E-state index contributed by atoms with van der Waals surface area (Å²) >= 11 is 6.23. The lowest BCUT2D eigenvalue weighted by Gasteiger charge is -2.11. The molecule has 33 heavy (non-hydrogen) atoms. The van der Waals surface area contributed by atoms with Crippen molar-refractivity contribution in [3.05, 3.63) is 83.4 Å². The molecule has 0 amide bonds. The van der Waals surface area contributed by atoms with Crippen LogP contribution >= 0.6 is 11.6 Å². The van der Waals surface area contributed by atoms with E-state index in [-0.39, 0.29) is 16.5 Å². The van der Waals surface area contributed by atoms with Gasteiger partial charge in [0.05, 0.1) is 23.3 Å². The Bertz CT molecular complexity index is 1450. The second-order valence-corrected chi connectivity index (χ2v) is 9.49. The van der Waals surface area contributed by atoms with E-state index in [2.05, 4.69) is 4.72 Å². The first kappa shape index (κ1) is 22.8. The number of halogens is 1. The molecule has 1 aromatic heterocycles. The maximum Gasteiger partial charge on any atom is 0.416 e. The minimum atomic E-state index is -3.94. The van der Waals surface area contributed by atoms with Gasteiger partial charge >= 0.3 is 6.09 Å². The molecule has 0 aliphatic carbocycles. The van der Waals surface area contributed by atoms with Crippen LogP contribution in [-0.2, 0) is 16.4 Å². The highest BCUT2D eigenvalue weighted by Crippen LogP contribution is 2.32. The van der Waals surface area contributed by atoms with Gasteiger partial charge in [0, 0.05) is 17.5 Å². The number of nitrogens with one attached hydrogen (secondary N) is 1. The lowest BCUT2D eigenvalue weighted by atomic mass is 10.1. The zero-order chi connectivity index (χ0) is 23.6. The highest BCUT2D eigenvalue weighted by Gasteiger charge is 2.21. The molecule has 2 N–H and O–H groups in total. The van der Waals surface area contributed by atoms with Crippen LogP contribution in [0.2, 0.25) is 5.02 Å². The van der Waals surface area contributed by atoms with E-state index in [1.165, 1.54) is 12.1 Å². The Morgan fingerprint density at radius 2 is 1.85 bits per heavy atom. The van der Waals surface area contributed by atoms with Crippen LogP contribution in [0.4, 0.5) is 4.79 Å². The molecular formula is C24H21ClN2O5S. The number of sulfonamides is 1. The second-order valence-electron chi connectivity index (χ2n) is 7.35. The average molecular weight is 485 g/mol. The summed E-state index contributed by atoms with van der Waals surface area (Å²) in [5.41, 5.74) is 2.21. The van der Waals surface area contributed by atoms with Gasteiger partial charge in [-0.15, -0.1) is 0 Å². The molecule has 4 aromatic rings. The fraction of sp³-hybridized carbons (Fsp3) is 0.125. The molecule has 4 rings (SSSR count). The maximum absolute atomic E-state index is 13.0. The fourth-order valence-electron chi connectivity index (χ4n) is 3.68. The number of rotatable bonds is 7. The quantitative estimate of drug-likeness (QED) is 0.384. The maximum atomic E-state index is 13.0. The Morgan fingerprint density at radius 3 is 2.61 bits per heavy atom. The number of ether oxygens (including phenoxy) is 1. The zero-order valence-corrected chi connectivity index (χ0v) is 19.2. The highest BCUT2D eigenvalue weighted by molar-refractivity contribution is 7.89. The molecule has 0 saturated heterocycles. The normalized spacial score (nSPS) is 11.6. The Morgan fingerprint density at radius 1 is 1.06 bits per heavy atom. The smallest absolute Gasteiger partial charge is 0.416 e. The summed E-state index contributed by atoms with van der Waals surface area (Å²) in [6.45, 7) is 0.158. The number of aromatic nitrogens is 1. The van der Waals surface area contributed by atoms with Gasteiger partial charge in [0.15, 0.2) is 0 Å². The van der Waals surface area contributed by atoms with Gasteiger partial charge in [-0.2, -0.15) is 0 Å². The van der Waals surface area contributed by atoms with E-state index in [1.807, 2.05) is 30.3 Å². The molecular weight excluding hydrogens is 464 g/mol. The third-order valence-electron chi connectivity index (χ3n) is 5.26. The van der Waals surface area contributed by atoms with Gasteiger partial charge in [-0.25, -0.2) is 22.5 Å². The third-order valence-corrected chi connectivity index (χ3v) is 7.20.